The fourth-order valence-corrected chi connectivity index (χ4v) is 3.51. The second-order valence-electron chi connectivity index (χ2n) is 6.17. The molecule has 0 aromatic heterocycles. The van der Waals surface area contributed by atoms with Crippen molar-refractivity contribution in [3.63, 3.8) is 0 Å². The monoisotopic (exact) mass is 274 g/mol. The number of hydrogen-bond acceptors (Lipinski definition) is 2. The molecule has 1 atom stereocenters. The van der Waals surface area contributed by atoms with Gasteiger partial charge in [-0.2, -0.15) is 0 Å². The molecule has 1 unspecified atom stereocenters. The van der Waals surface area contributed by atoms with Crippen molar-refractivity contribution in [2.75, 3.05) is 13.1 Å². The van der Waals surface area contributed by atoms with Crippen LogP contribution in [-0.4, -0.2) is 24.0 Å². The standard InChI is InChI=1S/C18H30N2/c1-3-20(16-10-5-4-6-11-16)14-13-18(19)17-12-8-7-9-15(17)2/h7-9,12,16,18H,3-6,10-11,13-14,19H2,1-2H3. The van der Waals surface area contributed by atoms with E-state index in [9.17, 15) is 0 Å². The van der Waals surface area contributed by atoms with Crippen molar-refractivity contribution in [1.29, 1.82) is 0 Å². The maximum atomic E-state index is 6.40. The fourth-order valence-electron chi connectivity index (χ4n) is 3.51. The maximum absolute atomic E-state index is 6.40. The van der Waals surface area contributed by atoms with Gasteiger partial charge in [0.25, 0.3) is 0 Å². The Kier molecular flexibility index (Phi) is 6.06. The van der Waals surface area contributed by atoms with Gasteiger partial charge in [0.05, 0.1) is 0 Å². The second-order valence-corrected chi connectivity index (χ2v) is 6.17. The molecule has 112 valence electrons. The van der Waals surface area contributed by atoms with Crippen molar-refractivity contribution < 1.29 is 0 Å². The van der Waals surface area contributed by atoms with Crippen LogP contribution in [0, 0.1) is 6.92 Å². The van der Waals surface area contributed by atoms with Gasteiger partial charge in [-0.25, -0.2) is 0 Å². The van der Waals surface area contributed by atoms with E-state index >= 15 is 0 Å². The van der Waals surface area contributed by atoms with Crippen LogP contribution in [0.1, 0.15) is 62.6 Å². The van der Waals surface area contributed by atoms with E-state index in [1.54, 1.807) is 0 Å². The van der Waals surface area contributed by atoms with Crippen LogP contribution in [0.5, 0.6) is 0 Å². The summed E-state index contributed by atoms with van der Waals surface area (Å²) in [5, 5.41) is 0. The minimum absolute atomic E-state index is 0.175. The zero-order valence-corrected chi connectivity index (χ0v) is 13.1. The molecule has 1 saturated carbocycles. The van der Waals surface area contributed by atoms with Crippen LogP contribution in [0.4, 0.5) is 0 Å². The first-order valence-electron chi connectivity index (χ1n) is 8.27. The van der Waals surface area contributed by atoms with Gasteiger partial charge in [0, 0.05) is 18.6 Å². The summed E-state index contributed by atoms with van der Waals surface area (Å²) in [7, 11) is 0. The molecule has 0 aliphatic heterocycles. The average Bonchev–Trinajstić information content (AvgIpc) is 2.49. The lowest BCUT2D eigenvalue weighted by Crippen LogP contribution is -2.38. The molecule has 0 amide bonds. The van der Waals surface area contributed by atoms with E-state index in [2.05, 4.69) is 43.0 Å². The topological polar surface area (TPSA) is 29.3 Å². The molecule has 1 aliphatic rings. The lowest BCUT2D eigenvalue weighted by atomic mass is 9.93. The number of nitrogens with two attached hydrogens (primary N) is 1. The largest absolute Gasteiger partial charge is 0.324 e. The predicted octanol–water partition coefficient (Wildman–Crippen LogP) is 4.04. The normalized spacial score (nSPS) is 18.4. The van der Waals surface area contributed by atoms with E-state index in [-0.39, 0.29) is 6.04 Å². The molecule has 2 rings (SSSR count). The Hall–Kier alpha value is -0.860. The van der Waals surface area contributed by atoms with Crippen molar-refractivity contribution in [3.05, 3.63) is 35.4 Å². The Morgan fingerprint density at radius 3 is 2.55 bits per heavy atom. The predicted molar refractivity (Wildman–Crippen MR) is 86.8 cm³/mol. The van der Waals surface area contributed by atoms with Crippen molar-refractivity contribution in [2.24, 2.45) is 5.73 Å². The first kappa shape index (κ1) is 15.5. The molecule has 0 spiro atoms. The summed E-state index contributed by atoms with van der Waals surface area (Å²) in [6, 6.07) is 9.50. The molecule has 0 heterocycles. The van der Waals surface area contributed by atoms with Gasteiger partial charge >= 0.3 is 0 Å². The average molecular weight is 274 g/mol. The molecule has 20 heavy (non-hydrogen) atoms. The molecule has 0 bridgehead atoms. The fraction of sp³-hybridized carbons (Fsp3) is 0.667. The van der Waals surface area contributed by atoms with Crippen molar-refractivity contribution in [1.82, 2.24) is 4.90 Å². The van der Waals surface area contributed by atoms with Crippen LogP contribution in [0.15, 0.2) is 24.3 Å². The van der Waals surface area contributed by atoms with Crippen molar-refractivity contribution in [2.45, 2.75) is 64.5 Å². The third-order valence-corrected chi connectivity index (χ3v) is 4.81. The van der Waals surface area contributed by atoms with Gasteiger partial charge in [0.2, 0.25) is 0 Å². The van der Waals surface area contributed by atoms with Crippen molar-refractivity contribution in [3.8, 4) is 0 Å². The molecule has 1 aliphatic carbocycles. The number of benzene rings is 1. The van der Waals surface area contributed by atoms with E-state index in [1.807, 2.05) is 0 Å². The summed E-state index contributed by atoms with van der Waals surface area (Å²) < 4.78 is 0. The third kappa shape index (κ3) is 4.07. The highest BCUT2D eigenvalue weighted by Gasteiger charge is 2.20. The molecular weight excluding hydrogens is 244 g/mol. The van der Waals surface area contributed by atoms with Crippen LogP contribution < -0.4 is 5.73 Å². The molecular formula is C18H30N2. The van der Waals surface area contributed by atoms with E-state index < -0.39 is 0 Å². The zero-order valence-electron chi connectivity index (χ0n) is 13.1. The van der Waals surface area contributed by atoms with Crippen molar-refractivity contribution >= 4 is 0 Å². The number of nitrogens with zero attached hydrogens (tertiary/aromatic N) is 1. The van der Waals surface area contributed by atoms with Crippen LogP contribution in [0.25, 0.3) is 0 Å². The highest BCUT2D eigenvalue weighted by molar-refractivity contribution is 5.28. The summed E-state index contributed by atoms with van der Waals surface area (Å²) in [4.78, 5) is 2.65. The number of aryl methyl sites for hydroxylation is 1. The lowest BCUT2D eigenvalue weighted by molar-refractivity contribution is 0.159. The van der Waals surface area contributed by atoms with E-state index in [0.717, 1.165) is 25.6 Å². The third-order valence-electron chi connectivity index (χ3n) is 4.81. The van der Waals surface area contributed by atoms with Crippen LogP contribution in [0.3, 0.4) is 0 Å². The summed E-state index contributed by atoms with van der Waals surface area (Å²) in [6.45, 7) is 6.74. The zero-order chi connectivity index (χ0) is 14.4. The molecule has 2 N–H and O–H groups in total. The Labute approximate surface area is 124 Å². The van der Waals surface area contributed by atoms with Gasteiger partial charge in [0.1, 0.15) is 0 Å². The quantitative estimate of drug-likeness (QED) is 0.848. The first-order chi connectivity index (χ1) is 9.72. The van der Waals surface area contributed by atoms with E-state index in [1.165, 1.54) is 43.2 Å². The number of rotatable bonds is 6. The van der Waals surface area contributed by atoms with Crippen LogP contribution in [0.2, 0.25) is 0 Å². The minimum atomic E-state index is 0.175. The summed E-state index contributed by atoms with van der Waals surface area (Å²) in [6.07, 6.45) is 8.07. The smallest absolute Gasteiger partial charge is 0.0309 e. The molecule has 1 aromatic rings. The van der Waals surface area contributed by atoms with Gasteiger partial charge in [-0.05, 0) is 43.9 Å². The molecule has 0 radical (unpaired) electrons. The minimum Gasteiger partial charge on any atom is -0.324 e. The number of hydrogen-bond donors (Lipinski definition) is 1. The molecule has 1 fully saturated rings. The Bertz CT molecular complexity index is 396. The van der Waals surface area contributed by atoms with E-state index in [4.69, 9.17) is 5.73 Å². The van der Waals surface area contributed by atoms with Gasteiger partial charge < -0.3 is 10.6 Å². The molecule has 2 heteroatoms. The SMILES string of the molecule is CCN(CCC(N)c1ccccc1C)C1CCCCC1. The van der Waals surface area contributed by atoms with Crippen LogP contribution in [-0.2, 0) is 0 Å². The summed E-state index contributed by atoms with van der Waals surface area (Å²) in [5.74, 6) is 0. The summed E-state index contributed by atoms with van der Waals surface area (Å²) in [5.41, 5.74) is 9.03. The molecule has 1 aromatic carbocycles. The highest BCUT2D eigenvalue weighted by atomic mass is 15.1. The highest BCUT2D eigenvalue weighted by Crippen LogP contribution is 2.24. The van der Waals surface area contributed by atoms with Gasteiger partial charge in [0.15, 0.2) is 0 Å². The Morgan fingerprint density at radius 1 is 1.20 bits per heavy atom. The van der Waals surface area contributed by atoms with Crippen LogP contribution >= 0.6 is 0 Å². The second kappa shape index (κ2) is 7.80. The van der Waals surface area contributed by atoms with Gasteiger partial charge in [-0.3, -0.25) is 0 Å². The lowest BCUT2D eigenvalue weighted by Gasteiger charge is -2.34. The van der Waals surface area contributed by atoms with Gasteiger partial charge in [-0.1, -0.05) is 50.5 Å². The Balaban J connectivity index is 1.87. The van der Waals surface area contributed by atoms with E-state index in [0.29, 0.717) is 0 Å². The molecule has 2 nitrogen and oxygen atoms in total. The maximum Gasteiger partial charge on any atom is 0.0309 e. The Morgan fingerprint density at radius 2 is 1.90 bits per heavy atom. The first-order valence-corrected chi connectivity index (χ1v) is 8.27. The van der Waals surface area contributed by atoms with Gasteiger partial charge in [-0.15, -0.1) is 0 Å². The molecule has 0 saturated heterocycles. The summed E-state index contributed by atoms with van der Waals surface area (Å²) >= 11 is 0.